The van der Waals surface area contributed by atoms with Gasteiger partial charge in [-0.2, -0.15) is 0 Å². The van der Waals surface area contributed by atoms with Crippen molar-refractivity contribution in [3.63, 3.8) is 0 Å². The highest BCUT2D eigenvalue weighted by atomic mass is 35.5. The molecule has 1 aliphatic rings. The number of nitrogens with one attached hydrogen (secondary N) is 1. The van der Waals surface area contributed by atoms with Crippen LogP contribution in [-0.4, -0.2) is 49.1 Å². The molecule has 0 saturated carbocycles. The van der Waals surface area contributed by atoms with E-state index in [2.05, 4.69) is 10.2 Å². The first-order valence-corrected chi connectivity index (χ1v) is 10.1. The van der Waals surface area contributed by atoms with Crippen LogP contribution in [0.1, 0.15) is 5.56 Å². The van der Waals surface area contributed by atoms with Gasteiger partial charge in [0.15, 0.2) is 0 Å². The number of aromatic nitrogens is 1. The van der Waals surface area contributed by atoms with E-state index in [0.29, 0.717) is 42.3 Å². The zero-order valence-electron chi connectivity index (χ0n) is 16.6. The third-order valence-corrected chi connectivity index (χ3v) is 5.73. The van der Waals surface area contributed by atoms with E-state index < -0.39 is 11.2 Å². The fourth-order valence-corrected chi connectivity index (χ4v) is 3.90. The van der Waals surface area contributed by atoms with Crippen molar-refractivity contribution < 1.29 is 9.18 Å². The number of fused-ring (bicyclic) bond motifs is 1. The molecular formula is C22H22ClFN4O2. The van der Waals surface area contributed by atoms with Crippen molar-refractivity contribution in [3.05, 3.63) is 69.2 Å². The van der Waals surface area contributed by atoms with Gasteiger partial charge in [0, 0.05) is 43.9 Å². The quantitative estimate of drug-likeness (QED) is 0.634. The summed E-state index contributed by atoms with van der Waals surface area (Å²) in [4.78, 5) is 28.0. The van der Waals surface area contributed by atoms with Crippen LogP contribution in [0.5, 0.6) is 0 Å². The number of benzene rings is 2. The number of piperazine rings is 1. The Hall–Kier alpha value is -2.90. The average Bonchev–Trinajstić information content (AvgIpc) is 2.74. The SMILES string of the molecule is CN1CCN(c2cc3c(cc2F)c(=O)c(NC=O)cn3Cc2ccc(Cl)cc2)CC1. The van der Waals surface area contributed by atoms with Crippen LogP contribution in [0.4, 0.5) is 15.8 Å². The molecule has 156 valence electrons. The van der Waals surface area contributed by atoms with Gasteiger partial charge in [0.2, 0.25) is 11.8 Å². The normalized spacial score (nSPS) is 14.8. The number of amides is 1. The highest BCUT2D eigenvalue weighted by molar-refractivity contribution is 6.30. The van der Waals surface area contributed by atoms with E-state index in [9.17, 15) is 14.0 Å². The number of rotatable bonds is 5. The highest BCUT2D eigenvalue weighted by Gasteiger charge is 2.20. The lowest BCUT2D eigenvalue weighted by atomic mass is 10.1. The first kappa shape index (κ1) is 20.4. The number of carbonyl (C=O) groups excluding carboxylic acids is 1. The molecule has 0 bridgehead atoms. The third-order valence-electron chi connectivity index (χ3n) is 5.47. The van der Waals surface area contributed by atoms with Crippen molar-refractivity contribution in [2.45, 2.75) is 6.54 Å². The van der Waals surface area contributed by atoms with Crippen LogP contribution in [0.15, 0.2) is 47.4 Å². The molecule has 0 unspecified atom stereocenters. The predicted octanol–water partition coefficient (Wildman–Crippen LogP) is 3.16. The summed E-state index contributed by atoms with van der Waals surface area (Å²) in [5.74, 6) is -0.439. The van der Waals surface area contributed by atoms with Gasteiger partial charge < -0.3 is 19.7 Å². The lowest BCUT2D eigenvalue weighted by Gasteiger charge is -2.34. The van der Waals surface area contributed by atoms with Gasteiger partial charge in [-0.1, -0.05) is 23.7 Å². The molecule has 2 aromatic carbocycles. The number of anilines is 2. The summed E-state index contributed by atoms with van der Waals surface area (Å²) in [6.07, 6.45) is 2.05. The van der Waals surface area contributed by atoms with E-state index >= 15 is 0 Å². The number of pyridine rings is 1. The van der Waals surface area contributed by atoms with Crippen molar-refractivity contribution in [1.29, 1.82) is 0 Å². The van der Waals surface area contributed by atoms with Crippen LogP contribution >= 0.6 is 11.6 Å². The number of likely N-dealkylation sites (N-methyl/N-ethyl adjacent to an activating group) is 1. The molecule has 0 spiro atoms. The second kappa shape index (κ2) is 8.45. The van der Waals surface area contributed by atoms with Crippen molar-refractivity contribution in [3.8, 4) is 0 Å². The van der Waals surface area contributed by atoms with Crippen LogP contribution in [-0.2, 0) is 11.3 Å². The minimum atomic E-state index is -0.439. The van der Waals surface area contributed by atoms with E-state index in [1.54, 1.807) is 24.4 Å². The van der Waals surface area contributed by atoms with E-state index in [-0.39, 0.29) is 11.1 Å². The van der Waals surface area contributed by atoms with Gasteiger partial charge in [0.1, 0.15) is 11.5 Å². The molecule has 8 heteroatoms. The monoisotopic (exact) mass is 428 g/mol. The maximum Gasteiger partial charge on any atom is 0.212 e. The molecule has 1 aromatic heterocycles. The number of nitrogens with zero attached hydrogens (tertiary/aromatic N) is 3. The van der Waals surface area contributed by atoms with Gasteiger partial charge in [-0.3, -0.25) is 9.59 Å². The van der Waals surface area contributed by atoms with Gasteiger partial charge in [0.05, 0.1) is 16.6 Å². The summed E-state index contributed by atoms with van der Waals surface area (Å²) < 4.78 is 16.8. The lowest BCUT2D eigenvalue weighted by Crippen LogP contribution is -2.44. The first-order valence-electron chi connectivity index (χ1n) is 9.71. The summed E-state index contributed by atoms with van der Waals surface area (Å²) in [6.45, 7) is 3.56. The number of carbonyl (C=O) groups is 1. The molecule has 1 saturated heterocycles. The Kier molecular flexibility index (Phi) is 5.74. The Bertz CT molecular complexity index is 1140. The standard InChI is InChI=1S/C22H22ClFN4O2/c1-26-6-8-27(9-7-26)21-11-20-17(10-18(21)24)22(30)19(25-14-29)13-28(20)12-15-2-4-16(23)5-3-15/h2-5,10-11,13-14H,6-9,12H2,1H3,(H,25,29). The number of hydrogen-bond acceptors (Lipinski definition) is 4. The zero-order chi connectivity index (χ0) is 21.3. The second-order valence-electron chi connectivity index (χ2n) is 7.50. The van der Waals surface area contributed by atoms with Crippen molar-refractivity contribution >= 4 is 40.3 Å². The zero-order valence-corrected chi connectivity index (χ0v) is 17.3. The average molecular weight is 429 g/mol. The highest BCUT2D eigenvalue weighted by Crippen LogP contribution is 2.27. The maximum atomic E-state index is 15.0. The van der Waals surface area contributed by atoms with Crippen LogP contribution in [0.3, 0.4) is 0 Å². The van der Waals surface area contributed by atoms with Crippen LogP contribution in [0, 0.1) is 5.82 Å². The summed E-state index contributed by atoms with van der Waals surface area (Å²) in [5.41, 5.74) is 1.76. The predicted molar refractivity (Wildman–Crippen MR) is 118 cm³/mol. The smallest absolute Gasteiger partial charge is 0.212 e. The molecular weight excluding hydrogens is 407 g/mol. The van der Waals surface area contributed by atoms with Crippen molar-refractivity contribution in [2.75, 3.05) is 43.4 Å². The Morgan fingerprint density at radius 1 is 1.13 bits per heavy atom. The van der Waals surface area contributed by atoms with Gasteiger partial charge in [-0.15, -0.1) is 0 Å². The Morgan fingerprint density at radius 3 is 2.50 bits per heavy atom. The van der Waals surface area contributed by atoms with Crippen molar-refractivity contribution in [1.82, 2.24) is 9.47 Å². The van der Waals surface area contributed by atoms with E-state index in [4.69, 9.17) is 11.6 Å². The van der Waals surface area contributed by atoms with Gasteiger partial charge in [-0.25, -0.2) is 4.39 Å². The Morgan fingerprint density at radius 2 is 1.83 bits per heavy atom. The first-order chi connectivity index (χ1) is 14.5. The Balaban J connectivity index is 1.85. The Labute approximate surface area is 178 Å². The second-order valence-corrected chi connectivity index (χ2v) is 7.94. The third kappa shape index (κ3) is 4.04. The molecule has 3 aromatic rings. The number of halogens is 2. The molecule has 6 nitrogen and oxygen atoms in total. The van der Waals surface area contributed by atoms with Crippen molar-refractivity contribution in [2.24, 2.45) is 0 Å². The molecule has 2 heterocycles. The fourth-order valence-electron chi connectivity index (χ4n) is 3.77. The maximum absolute atomic E-state index is 15.0. The molecule has 1 fully saturated rings. The molecule has 0 radical (unpaired) electrons. The minimum absolute atomic E-state index is 0.109. The molecule has 0 aliphatic carbocycles. The fraction of sp³-hybridized carbons (Fsp3) is 0.273. The minimum Gasteiger partial charge on any atom is -0.367 e. The summed E-state index contributed by atoms with van der Waals surface area (Å²) in [5, 5.41) is 3.29. The van der Waals surface area contributed by atoms with Gasteiger partial charge in [-0.05, 0) is 36.9 Å². The lowest BCUT2D eigenvalue weighted by molar-refractivity contribution is -0.105. The van der Waals surface area contributed by atoms with E-state index in [0.717, 1.165) is 18.7 Å². The van der Waals surface area contributed by atoms with E-state index in [1.165, 1.54) is 6.07 Å². The molecule has 0 atom stereocenters. The molecule has 1 amide bonds. The molecule has 30 heavy (non-hydrogen) atoms. The largest absolute Gasteiger partial charge is 0.367 e. The number of hydrogen-bond donors (Lipinski definition) is 1. The van der Waals surface area contributed by atoms with E-state index in [1.807, 2.05) is 28.6 Å². The van der Waals surface area contributed by atoms with Crippen LogP contribution < -0.4 is 15.6 Å². The van der Waals surface area contributed by atoms with Gasteiger partial charge >= 0.3 is 0 Å². The topological polar surface area (TPSA) is 57.6 Å². The van der Waals surface area contributed by atoms with Crippen LogP contribution in [0.2, 0.25) is 5.02 Å². The summed E-state index contributed by atoms with van der Waals surface area (Å²) in [6, 6.07) is 10.4. The molecule has 1 aliphatic heterocycles. The molecule has 4 rings (SSSR count). The van der Waals surface area contributed by atoms with Crippen LogP contribution in [0.25, 0.3) is 10.9 Å². The summed E-state index contributed by atoms with van der Waals surface area (Å²) in [7, 11) is 2.04. The molecule has 1 N–H and O–H groups in total. The summed E-state index contributed by atoms with van der Waals surface area (Å²) >= 11 is 5.98. The van der Waals surface area contributed by atoms with Gasteiger partial charge in [0.25, 0.3) is 0 Å².